The molecule has 0 aromatic rings. The number of terminal acetylenes is 1. The van der Waals surface area contributed by atoms with E-state index in [1.165, 1.54) is 25.7 Å². The van der Waals surface area contributed by atoms with Gasteiger partial charge in [0.25, 0.3) is 0 Å². The van der Waals surface area contributed by atoms with Gasteiger partial charge in [-0.05, 0) is 19.9 Å². The molecule has 0 heterocycles. The zero-order chi connectivity index (χ0) is 11.1. The lowest BCUT2D eigenvalue weighted by Gasteiger charge is -2.38. The van der Waals surface area contributed by atoms with Gasteiger partial charge in [-0.3, -0.25) is 0 Å². The second-order valence-electron chi connectivity index (χ2n) is 4.43. The third-order valence-electron chi connectivity index (χ3n) is 3.66. The van der Waals surface area contributed by atoms with E-state index in [0.717, 1.165) is 19.3 Å². The molecular weight excluding hydrogens is 186 g/mol. The van der Waals surface area contributed by atoms with Crippen molar-refractivity contribution in [2.75, 3.05) is 14.2 Å². The highest BCUT2D eigenvalue weighted by atomic mass is 16.5. The molecule has 1 rings (SSSR count). The van der Waals surface area contributed by atoms with Crippen LogP contribution in [0.5, 0.6) is 0 Å². The van der Waals surface area contributed by atoms with E-state index in [0.29, 0.717) is 6.04 Å². The van der Waals surface area contributed by atoms with Crippen LogP contribution >= 0.6 is 0 Å². The standard InChI is InChI=1S/C13H23NO/c1-4-9-12(14-2)13(15-3)10-7-5-6-8-11-13/h1,12,14H,5-11H2,2-3H3. The van der Waals surface area contributed by atoms with Crippen molar-refractivity contribution in [2.45, 2.75) is 56.6 Å². The summed E-state index contributed by atoms with van der Waals surface area (Å²) >= 11 is 0. The lowest BCUT2D eigenvalue weighted by atomic mass is 9.84. The van der Waals surface area contributed by atoms with Crippen LogP contribution in [0.4, 0.5) is 0 Å². The fourth-order valence-corrected chi connectivity index (χ4v) is 2.69. The normalized spacial score (nSPS) is 22.7. The Balaban J connectivity index is 2.74. The molecule has 1 fully saturated rings. The first-order valence-corrected chi connectivity index (χ1v) is 5.95. The van der Waals surface area contributed by atoms with E-state index in [1.807, 2.05) is 14.2 Å². The molecule has 15 heavy (non-hydrogen) atoms. The van der Waals surface area contributed by atoms with Crippen LogP contribution in [0.25, 0.3) is 0 Å². The molecule has 1 saturated carbocycles. The average Bonchev–Trinajstić information content (AvgIpc) is 2.52. The number of ether oxygens (including phenoxy) is 1. The maximum absolute atomic E-state index is 5.81. The molecule has 1 N–H and O–H groups in total. The van der Waals surface area contributed by atoms with Crippen molar-refractivity contribution in [2.24, 2.45) is 0 Å². The van der Waals surface area contributed by atoms with Gasteiger partial charge in [-0.1, -0.05) is 25.7 Å². The second-order valence-corrected chi connectivity index (χ2v) is 4.43. The Morgan fingerprint density at radius 1 is 1.33 bits per heavy atom. The minimum atomic E-state index is -0.0301. The molecular formula is C13H23NO. The highest BCUT2D eigenvalue weighted by Crippen LogP contribution is 2.33. The van der Waals surface area contributed by atoms with E-state index in [2.05, 4.69) is 11.2 Å². The fourth-order valence-electron chi connectivity index (χ4n) is 2.69. The van der Waals surface area contributed by atoms with Crippen LogP contribution in [0.2, 0.25) is 0 Å². The van der Waals surface area contributed by atoms with Gasteiger partial charge in [-0.15, -0.1) is 12.3 Å². The minimum Gasteiger partial charge on any atom is -0.377 e. The number of likely N-dealkylation sites (N-methyl/N-ethyl adjacent to an activating group) is 1. The van der Waals surface area contributed by atoms with Gasteiger partial charge in [0.15, 0.2) is 0 Å². The summed E-state index contributed by atoms with van der Waals surface area (Å²) in [6, 6.07) is 0.297. The quantitative estimate of drug-likeness (QED) is 0.567. The van der Waals surface area contributed by atoms with Crippen molar-refractivity contribution in [3.63, 3.8) is 0 Å². The van der Waals surface area contributed by atoms with Gasteiger partial charge >= 0.3 is 0 Å². The zero-order valence-corrected chi connectivity index (χ0v) is 10.0. The number of hydrogen-bond acceptors (Lipinski definition) is 2. The Hall–Kier alpha value is -0.520. The summed E-state index contributed by atoms with van der Waals surface area (Å²) < 4.78 is 5.81. The Kier molecular flexibility index (Phi) is 5.14. The van der Waals surface area contributed by atoms with E-state index in [4.69, 9.17) is 11.2 Å². The molecule has 2 heteroatoms. The average molecular weight is 209 g/mol. The molecule has 1 aliphatic carbocycles. The lowest BCUT2D eigenvalue weighted by Crippen LogP contribution is -2.50. The predicted molar refractivity (Wildman–Crippen MR) is 63.7 cm³/mol. The van der Waals surface area contributed by atoms with Gasteiger partial charge in [0.05, 0.1) is 5.60 Å². The van der Waals surface area contributed by atoms with Gasteiger partial charge in [0.1, 0.15) is 0 Å². The summed E-state index contributed by atoms with van der Waals surface area (Å²) in [5.74, 6) is 2.75. The van der Waals surface area contributed by atoms with Gasteiger partial charge in [0.2, 0.25) is 0 Å². The Morgan fingerprint density at radius 2 is 1.93 bits per heavy atom. The molecule has 0 bridgehead atoms. The SMILES string of the molecule is C#CCC(NC)C1(OC)CCCCCC1. The van der Waals surface area contributed by atoms with Crippen LogP contribution in [-0.2, 0) is 4.74 Å². The highest BCUT2D eigenvalue weighted by molar-refractivity contribution is 5.01. The number of rotatable bonds is 4. The molecule has 1 unspecified atom stereocenters. The van der Waals surface area contributed by atoms with Crippen LogP contribution in [0, 0.1) is 12.3 Å². The van der Waals surface area contributed by atoms with Crippen molar-refractivity contribution in [1.82, 2.24) is 5.32 Å². The summed E-state index contributed by atoms with van der Waals surface area (Å²) in [5, 5.41) is 3.32. The molecule has 0 saturated heterocycles. The van der Waals surface area contributed by atoms with Crippen LogP contribution in [-0.4, -0.2) is 25.8 Å². The number of methoxy groups -OCH3 is 1. The molecule has 0 spiro atoms. The molecule has 1 aliphatic rings. The van der Waals surface area contributed by atoms with Crippen molar-refractivity contribution in [1.29, 1.82) is 0 Å². The van der Waals surface area contributed by atoms with Crippen molar-refractivity contribution in [3.8, 4) is 12.3 Å². The smallest absolute Gasteiger partial charge is 0.0840 e. The Bertz CT molecular complexity index is 211. The summed E-state index contributed by atoms with van der Waals surface area (Å²) in [5.41, 5.74) is -0.0301. The van der Waals surface area contributed by atoms with Crippen molar-refractivity contribution >= 4 is 0 Å². The lowest BCUT2D eigenvalue weighted by molar-refractivity contribution is -0.0497. The maximum Gasteiger partial charge on any atom is 0.0840 e. The number of hydrogen-bond donors (Lipinski definition) is 1. The first-order chi connectivity index (χ1) is 7.29. The maximum atomic E-state index is 5.81. The van der Waals surface area contributed by atoms with E-state index in [9.17, 15) is 0 Å². The highest BCUT2D eigenvalue weighted by Gasteiger charge is 2.37. The van der Waals surface area contributed by atoms with Gasteiger partial charge in [-0.25, -0.2) is 0 Å². The van der Waals surface area contributed by atoms with Crippen molar-refractivity contribution < 1.29 is 4.74 Å². The van der Waals surface area contributed by atoms with Gasteiger partial charge < -0.3 is 10.1 Å². The molecule has 86 valence electrons. The molecule has 2 nitrogen and oxygen atoms in total. The fraction of sp³-hybridized carbons (Fsp3) is 0.846. The summed E-state index contributed by atoms with van der Waals surface area (Å²) in [6.07, 6.45) is 13.6. The molecule has 0 amide bonds. The second kappa shape index (κ2) is 6.15. The minimum absolute atomic E-state index is 0.0301. The molecule has 0 aliphatic heterocycles. The third kappa shape index (κ3) is 2.96. The van der Waals surface area contributed by atoms with Crippen LogP contribution in [0.1, 0.15) is 44.9 Å². The summed E-state index contributed by atoms with van der Waals surface area (Å²) in [6.45, 7) is 0. The van der Waals surface area contributed by atoms with Crippen LogP contribution < -0.4 is 5.32 Å². The summed E-state index contributed by atoms with van der Waals surface area (Å²) in [7, 11) is 3.81. The first-order valence-electron chi connectivity index (χ1n) is 5.95. The molecule has 0 aromatic carbocycles. The Labute approximate surface area is 93.8 Å². The molecule has 0 radical (unpaired) electrons. The predicted octanol–water partition coefficient (Wildman–Crippen LogP) is 2.34. The van der Waals surface area contributed by atoms with Crippen LogP contribution in [0.15, 0.2) is 0 Å². The van der Waals surface area contributed by atoms with Crippen LogP contribution in [0.3, 0.4) is 0 Å². The van der Waals surface area contributed by atoms with E-state index in [-0.39, 0.29) is 5.60 Å². The number of nitrogens with one attached hydrogen (secondary N) is 1. The zero-order valence-electron chi connectivity index (χ0n) is 10.0. The van der Waals surface area contributed by atoms with E-state index in [1.54, 1.807) is 0 Å². The largest absolute Gasteiger partial charge is 0.377 e. The molecule has 1 atom stereocenters. The van der Waals surface area contributed by atoms with Gasteiger partial charge in [0, 0.05) is 19.6 Å². The Morgan fingerprint density at radius 3 is 2.33 bits per heavy atom. The molecule has 0 aromatic heterocycles. The van der Waals surface area contributed by atoms with E-state index < -0.39 is 0 Å². The monoisotopic (exact) mass is 209 g/mol. The van der Waals surface area contributed by atoms with Gasteiger partial charge in [-0.2, -0.15) is 0 Å². The third-order valence-corrected chi connectivity index (χ3v) is 3.66. The summed E-state index contributed by atoms with van der Waals surface area (Å²) in [4.78, 5) is 0. The van der Waals surface area contributed by atoms with Crippen molar-refractivity contribution in [3.05, 3.63) is 0 Å². The topological polar surface area (TPSA) is 21.3 Å². The first kappa shape index (κ1) is 12.5. The van der Waals surface area contributed by atoms with E-state index >= 15 is 0 Å².